The maximum Gasteiger partial charge on any atom is 0.244 e. The van der Waals surface area contributed by atoms with Crippen LogP contribution in [0.25, 0.3) is 0 Å². The molecule has 1 aliphatic heterocycles. The maximum absolute atomic E-state index is 2.44. The van der Waals surface area contributed by atoms with E-state index in [1.165, 1.54) is 24.1 Å². The van der Waals surface area contributed by atoms with E-state index in [1.54, 1.807) is 0 Å². The Morgan fingerprint density at radius 3 is 2.61 bits per heavy atom. The van der Waals surface area contributed by atoms with Crippen LogP contribution < -0.4 is 21.5 Å². The molecule has 2 heterocycles. The number of aryl methyl sites for hydroxylation is 1. The molecule has 18 heavy (non-hydrogen) atoms. The van der Waals surface area contributed by atoms with Crippen molar-refractivity contribution in [3.63, 3.8) is 0 Å². The summed E-state index contributed by atoms with van der Waals surface area (Å²) < 4.78 is 4.75. The Kier molecular flexibility index (Phi) is 3.91. The van der Waals surface area contributed by atoms with Crippen molar-refractivity contribution in [2.24, 2.45) is 0 Å². The Balaban J connectivity index is 0.00000120. The Morgan fingerprint density at radius 1 is 1.22 bits per heavy atom. The van der Waals surface area contributed by atoms with Crippen LogP contribution in [0.3, 0.4) is 0 Å². The van der Waals surface area contributed by atoms with Crippen LogP contribution in [-0.2, 0) is 6.42 Å². The third-order valence-electron chi connectivity index (χ3n) is 3.68. The van der Waals surface area contributed by atoms with Crippen molar-refractivity contribution >= 4 is 0 Å². The number of fused-ring (bicyclic) bond motifs is 1. The van der Waals surface area contributed by atoms with Gasteiger partial charge in [-0.05, 0) is 19.4 Å². The Bertz CT molecular complexity index is 517. The van der Waals surface area contributed by atoms with Crippen LogP contribution in [0, 0.1) is 0 Å². The van der Waals surface area contributed by atoms with Crippen molar-refractivity contribution in [1.82, 2.24) is 4.57 Å². The van der Waals surface area contributed by atoms with Crippen LogP contribution in [0.1, 0.15) is 43.6 Å². The lowest BCUT2D eigenvalue weighted by atomic mass is 10.1. The first-order valence-electron chi connectivity index (χ1n) is 6.42. The van der Waals surface area contributed by atoms with E-state index in [0.717, 1.165) is 0 Å². The number of halogens is 1. The van der Waals surface area contributed by atoms with Crippen LogP contribution in [-0.4, -0.2) is 4.57 Å². The monoisotopic (exact) mass is 306 g/mol. The van der Waals surface area contributed by atoms with Gasteiger partial charge in [-0.2, -0.15) is 0 Å². The SMILES string of the molecule is CC(C)[n+]1cc2n(c1)[C@@H](c1ccccc1)CC2.[Br-]. The Labute approximate surface area is 119 Å². The quantitative estimate of drug-likeness (QED) is 0.685. The Morgan fingerprint density at radius 2 is 1.94 bits per heavy atom. The number of nitrogens with zero attached hydrogens (tertiary/aromatic N) is 2. The summed E-state index contributed by atoms with van der Waals surface area (Å²) in [5.74, 6) is 0. The van der Waals surface area contributed by atoms with E-state index in [9.17, 15) is 0 Å². The highest BCUT2D eigenvalue weighted by atomic mass is 79.9. The van der Waals surface area contributed by atoms with E-state index in [-0.39, 0.29) is 17.0 Å². The van der Waals surface area contributed by atoms with E-state index < -0.39 is 0 Å². The molecule has 2 aromatic rings. The topological polar surface area (TPSA) is 8.81 Å². The number of hydrogen-bond donors (Lipinski definition) is 0. The molecule has 0 amide bonds. The number of hydrogen-bond acceptors (Lipinski definition) is 0. The first-order valence-corrected chi connectivity index (χ1v) is 6.42. The van der Waals surface area contributed by atoms with Gasteiger partial charge in [-0.15, -0.1) is 0 Å². The fourth-order valence-electron chi connectivity index (χ4n) is 2.67. The van der Waals surface area contributed by atoms with Gasteiger partial charge >= 0.3 is 0 Å². The molecule has 0 aliphatic carbocycles. The minimum absolute atomic E-state index is 0. The molecule has 1 aromatic carbocycles. The normalized spacial score (nSPS) is 17.6. The molecule has 1 aliphatic rings. The molecular weight excluding hydrogens is 288 g/mol. The lowest BCUT2D eigenvalue weighted by Crippen LogP contribution is -3.00. The van der Waals surface area contributed by atoms with Gasteiger partial charge in [0.25, 0.3) is 0 Å². The largest absolute Gasteiger partial charge is 1.00 e. The second kappa shape index (κ2) is 5.27. The molecule has 0 N–H and O–H groups in total. The minimum Gasteiger partial charge on any atom is -1.00 e. The molecule has 3 rings (SSSR count). The standard InChI is InChI=1S/C15H19N2.BrH/c1-12(2)16-10-14-8-9-15(17(14)11-16)13-6-4-3-5-7-13;/h3-7,10-12,15H,8-9H2,1-2H3;1H/q+1;/p-1/t15-;/m1./s1. The summed E-state index contributed by atoms with van der Waals surface area (Å²) in [7, 11) is 0. The van der Waals surface area contributed by atoms with Gasteiger partial charge in [-0.1, -0.05) is 30.3 Å². The molecule has 0 radical (unpaired) electrons. The van der Waals surface area contributed by atoms with Crippen molar-refractivity contribution in [2.75, 3.05) is 0 Å². The summed E-state index contributed by atoms with van der Waals surface area (Å²) in [5.41, 5.74) is 2.89. The molecule has 1 aromatic heterocycles. The van der Waals surface area contributed by atoms with Gasteiger partial charge in [0.2, 0.25) is 6.33 Å². The fraction of sp³-hybridized carbons (Fsp3) is 0.400. The smallest absolute Gasteiger partial charge is 0.244 e. The van der Waals surface area contributed by atoms with Gasteiger partial charge in [0, 0.05) is 12.8 Å². The molecule has 1 atom stereocenters. The van der Waals surface area contributed by atoms with Crippen LogP contribution in [0.15, 0.2) is 42.9 Å². The summed E-state index contributed by atoms with van der Waals surface area (Å²) in [6.45, 7) is 4.46. The average molecular weight is 307 g/mol. The van der Waals surface area contributed by atoms with Crippen molar-refractivity contribution < 1.29 is 21.5 Å². The molecule has 0 bridgehead atoms. The summed E-state index contributed by atoms with van der Waals surface area (Å²) in [5, 5.41) is 0. The van der Waals surface area contributed by atoms with Gasteiger partial charge < -0.3 is 17.0 Å². The third kappa shape index (κ3) is 2.24. The highest BCUT2D eigenvalue weighted by Crippen LogP contribution is 2.30. The van der Waals surface area contributed by atoms with E-state index in [2.05, 4.69) is 65.8 Å². The second-order valence-corrected chi connectivity index (χ2v) is 5.15. The van der Waals surface area contributed by atoms with Gasteiger partial charge in [-0.25, -0.2) is 9.13 Å². The van der Waals surface area contributed by atoms with Crippen molar-refractivity contribution in [2.45, 2.75) is 38.8 Å². The van der Waals surface area contributed by atoms with Crippen LogP contribution >= 0.6 is 0 Å². The number of aromatic nitrogens is 2. The van der Waals surface area contributed by atoms with E-state index in [1.807, 2.05) is 0 Å². The molecule has 0 saturated carbocycles. The lowest BCUT2D eigenvalue weighted by molar-refractivity contribution is -0.716. The van der Waals surface area contributed by atoms with E-state index in [0.29, 0.717) is 12.1 Å². The zero-order valence-electron chi connectivity index (χ0n) is 10.9. The van der Waals surface area contributed by atoms with Crippen molar-refractivity contribution in [3.05, 3.63) is 54.1 Å². The second-order valence-electron chi connectivity index (χ2n) is 5.15. The van der Waals surface area contributed by atoms with E-state index in [4.69, 9.17) is 0 Å². The number of imidazole rings is 1. The zero-order chi connectivity index (χ0) is 11.8. The predicted molar refractivity (Wildman–Crippen MR) is 67.9 cm³/mol. The zero-order valence-corrected chi connectivity index (χ0v) is 12.5. The molecule has 96 valence electrons. The van der Waals surface area contributed by atoms with Crippen LogP contribution in [0.4, 0.5) is 0 Å². The average Bonchev–Trinajstić information content (AvgIpc) is 2.89. The van der Waals surface area contributed by atoms with Crippen molar-refractivity contribution in [1.29, 1.82) is 0 Å². The summed E-state index contributed by atoms with van der Waals surface area (Å²) in [6.07, 6.45) is 7.00. The minimum atomic E-state index is 0. The summed E-state index contributed by atoms with van der Waals surface area (Å²) >= 11 is 0. The van der Waals surface area contributed by atoms with Crippen molar-refractivity contribution in [3.8, 4) is 0 Å². The molecule has 2 nitrogen and oxygen atoms in total. The fourth-order valence-corrected chi connectivity index (χ4v) is 2.67. The third-order valence-corrected chi connectivity index (χ3v) is 3.68. The van der Waals surface area contributed by atoms with Crippen LogP contribution in [0.5, 0.6) is 0 Å². The molecule has 0 fully saturated rings. The Hall–Kier alpha value is -1.09. The van der Waals surface area contributed by atoms with Crippen LogP contribution in [0.2, 0.25) is 0 Å². The van der Waals surface area contributed by atoms with Gasteiger partial charge in [0.05, 0.1) is 6.04 Å². The maximum atomic E-state index is 2.44. The van der Waals surface area contributed by atoms with E-state index >= 15 is 0 Å². The molecule has 0 spiro atoms. The van der Waals surface area contributed by atoms with Gasteiger partial charge in [0.1, 0.15) is 17.9 Å². The molecule has 0 saturated heterocycles. The number of benzene rings is 1. The first kappa shape index (κ1) is 13.3. The highest BCUT2D eigenvalue weighted by Gasteiger charge is 2.30. The first-order chi connectivity index (χ1) is 8.25. The number of rotatable bonds is 2. The predicted octanol–water partition coefficient (Wildman–Crippen LogP) is -0.104. The van der Waals surface area contributed by atoms with Gasteiger partial charge in [-0.3, -0.25) is 0 Å². The lowest BCUT2D eigenvalue weighted by Gasteiger charge is -2.08. The summed E-state index contributed by atoms with van der Waals surface area (Å²) in [4.78, 5) is 0. The van der Waals surface area contributed by atoms with Gasteiger partial charge in [0.15, 0.2) is 0 Å². The molecule has 3 heteroatoms. The molecular formula is C15H19BrN2. The highest BCUT2D eigenvalue weighted by molar-refractivity contribution is 5.23. The summed E-state index contributed by atoms with van der Waals surface area (Å²) in [6, 6.07) is 11.9. The molecule has 0 unspecified atom stereocenters.